The average Bonchev–Trinajstić information content (AvgIpc) is 2.83. The van der Waals surface area contributed by atoms with E-state index >= 15 is 0 Å². The second-order valence-electron chi connectivity index (χ2n) is 3.44. The molecule has 0 fully saturated rings. The third-order valence-electron chi connectivity index (χ3n) is 2.46. The summed E-state index contributed by atoms with van der Waals surface area (Å²) in [6, 6.07) is 0. The van der Waals surface area contributed by atoms with E-state index in [1.54, 1.807) is 18.1 Å². The predicted octanol–water partition coefficient (Wildman–Crippen LogP) is 1.80. The zero-order valence-corrected chi connectivity index (χ0v) is 10.6. The lowest BCUT2D eigenvalue weighted by Crippen LogP contribution is -2.17. The smallest absolute Gasteiger partial charge is 0.138 e. The Morgan fingerprint density at radius 2 is 2.18 bits per heavy atom. The van der Waals surface area contributed by atoms with Crippen molar-refractivity contribution in [3.8, 4) is 0 Å². The van der Waals surface area contributed by atoms with Crippen LogP contribution in [0.5, 0.6) is 0 Å². The molecule has 2 N–H and O–H groups in total. The third kappa shape index (κ3) is 3.42. The molecule has 94 valence electrons. The molecule has 1 unspecified atom stereocenters. The van der Waals surface area contributed by atoms with Crippen molar-refractivity contribution in [3.05, 3.63) is 30.5 Å². The zero-order chi connectivity index (χ0) is 12.7. The van der Waals surface area contributed by atoms with E-state index in [2.05, 4.69) is 10.1 Å². The summed E-state index contributed by atoms with van der Waals surface area (Å²) < 4.78 is 7.12. The van der Waals surface area contributed by atoms with Gasteiger partial charge in [-0.25, -0.2) is 9.67 Å². The Morgan fingerprint density at radius 3 is 2.76 bits per heavy atom. The Hall–Kier alpha value is -1.62. The Bertz CT molecular complexity index is 381. The molecule has 1 aromatic rings. The molecule has 1 heterocycles. The Morgan fingerprint density at radius 1 is 1.41 bits per heavy atom. The zero-order valence-electron chi connectivity index (χ0n) is 10.6. The van der Waals surface area contributed by atoms with Gasteiger partial charge in [-0.05, 0) is 25.0 Å². The summed E-state index contributed by atoms with van der Waals surface area (Å²) in [6.07, 6.45) is 8.72. The fraction of sp³-hybridized carbons (Fsp3) is 0.500. The van der Waals surface area contributed by atoms with Gasteiger partial charge in [0.05, 0.1) is 11.8 Å². The molecule has 0 amide bonds. The van der Waals surface area contributed by atoms with Gasteiger partial charge in [0.2, 0.25) is 0 Å². The molecule has 0 spiro atoms. The lowest BCUT2D eigenvalue weighted by atomic mass is 10.1. The van der Waals surface area contributed by atoms with Crippen molar-refractivity contribution in [1.29, 1.82) is 0 Å². The van der Waals surface area contributed by atoms with Crippen LogP contribution in [0.25, 0.3) is 5.70 Å². The molecule has 1 aliphatic rings. The quantitative estimate of drug-likeness (QED) is 0.850. The second-order valence-corrected chi connectivity index (χ2v) is 3.44. The summed E-state index contributed by atoms with van der Waals surface area (Å²) in [6.45, 7) is 4.00. The summed E-state index contributed by atoms with van der Waals surface area (Å²) in [5.74, 6) is 0. The first-order chi connectivity index (χ1) is 8.31. The Kier molecular flexibility index (Phi) is 5.42. The monoisotopic (exact) mass is 236 g/mol. The molecule has 1 aromatic heterocycles. The van der Waals surface area contributed by atoms with E-state index in [1.807, 2.05) is 26.0 Å². The van der Waals surface area contributed by atoms with E-state index in [1.165, 1.54) is 6.33 Å². The van der Waals surface area contributed by atoms with Crippen molar-refractivity contribution in [2.24, 2.45) is 5.73 Å². The topological polar surface area (TPSA) is 66.0 Å². The summed E-state index contributed by atoms with van der Waals surface area (Å²) >= 11 is 0. The van der Waals surface area contributed by atoms with Crippen LogP contribution >= 0.6 is 0 Å². The number of rotatable bonds is 2. The number of methoxy groups -OCH3 is 1. The molecule has 5 heteroatoms. The fourth-order valence-electron chi connectivity index (χ4n) is 1.63. The highest BCUT2D eigenvalue weighted by Gasteiger charge is 2.17. The molecule has 5 nitrogen and oxygen atoms in total. The summed E-state index contributed by atoms with van der Waals surface area (Å²) in [5.41, 5.74) is 7.62. The average molecular weight is 236 g/mol. The Labute approximate surface area is 102 Å². The summed E-state index contributed by atoms with van der Waals surface area (Å²) in [7, 11) is 1.69. The molecular formula is C12H20N4O. The third-order valence-corrected chi connectivity index (χ3v) is 2.46. The van der Waals surface area contributed by atoms with E-state index in [4.69, 9.17) is 10.5 Å². The minimum atomic E-state index is 0.0176. The van der Waals surface area contributed by atoms with Crippen molar-refractivity contribution in [2.45, 2.75) is 32.8 Å². The molecule has 0 radical (unpaired) electrons. The molecular weight excluding hydrogens is 216 g/mol. The van der Waals surface area contributed by atoms with Crippen LogP contribution in [0.4, 0.5) is 0 Å². The maximum atomic E-state index is 5.78. The highest BCUT2D eigenvalue weighted by atomic mass is 16.5. The van der Waals surface area contributed by atoms with Gasteiger partial charge in [-0.3, -0.25) is 0 Å². The van der Waals surface area contributed by atoms with Crippen LogP contribution in [0.1, 0.15) is 26.7 Å². The highest BCUT2D eigenvalue weighted by molar-refractivity contribution is 5.52. The molecule has 0 saturated heterocycles. The minimum absolute atomic E-state index is 0.0176. The van der Waals surface area contributed by atoms with Crippen molar-refractivity contribution in [2.75, 3.05) is 7.11 Å². The van der Waals surface area contributed by atoms with E-state index in [9.17, 15) is 0 Å². The largest absolute Gasteiger partial charge is 0.402 e. The van der Waals surface area contributed by atoms with Crippen LogP contribution in [0.2, 0.25) is 0 Å². The lowest BCUT2D eigenvalue weighted by Gasteiger charge is -2.16. The van der Waals surface area contributed by atoms with Crippen LogP contribution in [0.3, 0.4) is 0 Å². The van der Waals surface area contributed by atoms with Crippen LogP contribution in [-0.2, 0) is 4.74 Å². The van der Waals surface area contributed by atoms with Crippen molar-refractivity contribution >= 4 is 5.70 Å². The minimum Gasteiger partial charge on any atom is -0.402 e. The van der Waals surface area contributed by atoms with E-state index in [0.717, 1.165) is 24.2 Å². The first kappa shape index (κ1) is 13.4. The maximum Gasteiger partial charge on any atom is 0.138 e. The Balaban J connectivity index is 0.000000686. The van der Waals surface area contributed by atoms with Crippen molar-refractivity contribution in [3.63, 3.8) is 0 Å². The van der Waals surface area contributed by atoms with Gasteiger partial charge in [0, 0.05) is 12.8 Å². The van der Waals surface area contributed by atoms with Crippen molar-refractivity contribution < 1.29 is 4.74 Å². The van der Waals surface area contributed by atoms with Crippen LogP contribution in [-0.4, -0.2) is 28.0 Å². The van der Waals surface area contributed by atoms with Crippen LogP contribution in [0, 0.1) is 0 Å². The molecule has 0 saturated carbocycles. The molecule has 1 atom stereocenters. The van der Waals surface area contributed by atoms with Gasteiger partial charge in [0.15, 0.2) is 0 Å². The fourth-order valence-corrected chi connectivity index (χ4v) is 1.63. The standard InChI is InChI=1S/C10H14N4O.C2H6/c1-15-10-5-3-8(11)2-4-9(10)14-7-12-6-13-14;1-2/h2,4,6-7,10H,3,5,11H2,1H3;1-2H3. The van der Waals surface area contributed by atoms with Gasteiger partial charge in [0.1, 0.15) is 12.7 Å². The molecule has 1 aliphatic carbocycles. The molecule has 0 aliphatic heterocycles. The number of aromatic nitrogens is 3. The SMILES string of the molecule is CC.COC1CCC(N)=CC=C1n1cncn1. The first-order valence-corrected chi connectivity index (χ1v) is 5.85. The van der Waals surface area contributed by atoms with Gasteiger partial charge in [-0.2, -0.15) is 5.10 Å². The van der Waals surface area contributed by atoms with Gasteiger partial charge in [-0.15, -0.1) is 0 Å². The summed E-state index contributed by atoms with van der Waals surface area (Å²) in [4.78, 5) is 3.92. The number of hydrogen-bond acceptors (Lipinski definition) is 4. The van der Waals surface area contributed by atoms with Crippen LogP contribution < -0.4 is 5.73 Å². The molecule has 0 bridgehead atoms. The number of nitrogens with two attached hydrogens (primary N) is 1. The van der Waals surface area contributed by atoms with Gasteiger partial charge in [-0.1, -0.05) is 13.8 Å². The van der Waals surface area contributed by atoms with Gasteiger partial charge < -0.3 is 10.5 Å². The lowest BCUT2D eigenvalue weighted by molar-refractivity contribution is 0.136. The normalized spacial score (nSPS) is 19.6. The van der Waals surface area contributed by atoms with Gasteiger partial charge in [0.25, 0.3) is 0 Å². The number of ether oxygens (including phenoxy) is 1. The molecule has 2 rings (SSSR count). The van der Waals surface area contributed by atoms with E-state index in [0.29, 0.717) is 0 Å². The maximum absolute atomic E-state index is 5.78. The number of nitrogens with zero attached hydrogens (tertiary/aromatic N) is 3. The number of allylic oxidation sites excluding steroid dienone is 3. The second kappa shape index (κ2) is 6.85. The highest BCUT2D eigenvalue weighted by Crippen LogP contribution is 2.21. The van der Waals surface area contributed by atoms with Crippen LogP contribution in [0.15, 0.2) is 30.5 Å². The first-order valence-electron chi connectivity index (χ1n) is 5.85. The predicted molar refractivity (Wildman–Crippen MR) is 67.9 cm³/mol. The summed E-state index contributed by atoms with van der Waals surface area (Å²) in [5, 5.41) is 4.09. The molecule has 0 aromatic carbocycles. The van der Waals surface area contributed by atoms with Gasteiger partial charge >= 0.3 is 0 Å². The van der Waals surface area contributed by atoms with E-state index < -0.39 is 0 Å². The molecule has 17 heavy (non-hydrogen) atoms. The van der Waals surface area contributed by atoms with E-state index in [-0.39, 0.29) is 6.10 Å². The van der Waals surface area contributed by atoms with Crippen molar-refractivity contribution in [1.82, 2.24) is 14.8 Å². The number of hydrogen-bond donors (Lipinski definition) is 1.